The summed E-state index contributed by atoms with van der Waals surface area (Å²) in [6.07, 6.45) is 5.04. The molecule has 1 aromatic rings. The summed E-state index contributed by atoms with van der Waals surface area (Å²) in [5.41, 5.74) is 2.14. The van der Waals surface area contributed by atoms with E-state index in [-0.39, 0.29) is 6.10 Å². The highest BCUT2D eigenvalue weighted by Gasteiger charge is 2.19. The van der Waals surface area contributed by atoms with Crippen LogP contribution in [0.4, 0.5) is 5.69 Å². The number of aryl methyl sites for hydroxylation is 1. The van der Waals surface area contributed by atoms with Crippen molar-refractivity contribution in [1.29, 1.82) is 0 Å². The van der Waals surface area contributed by atoms with Crippen molar-refractivity contribution < 1.29 is 13.2 Å². The second-order valence-electron chi connectivity index (χ2n) is 5.67. The molecular formula is C15H22N2O3S. The SMILES string of the molecule is O=S(=O)(NCCC1CCCO1)c1ccc2c(c1)CCCN2. The molecule has 2 aliphatic rings. The summed E-state index contributed by atoms with van der Waals surface area (Å²) in [7, 11) is -3.42. The van der Waals surface area contributed by atoms with Crippen molar-refractivity contribution >= 4 is 15.7 Å². The molecule has 116 valence electrons. The van der Waals surface area contributed by atoms with E-state index in [9.17, 15) is 8.42 Å². The molecule has 1 aromatic carbocycles. The lowest BCUT2D eigenvalue weighted by molar-refractivity contribution is 0.105. The number of nitrogens with one attached hydrogen (secondary N) is 2. The molecular weight excluding hydrogens is 288 g/mol. The van der Waals surface area contributed by atoms with E-state index in [1.165, 1.54) is 0 Å². The Morgan fingerprint density at radius 2 is 2.24 bits per heavy atom. The Kier molecular flexibility index (Phi) is 4.47. The van der Waals surface area contributed by atoms with Gasteiger partial charge in [-0.15, -0.1) is 0 Å². The van der Waals surface area contributed by atoms with E-state index in [1.54, 1.807) is 12.1 Å². The van der Waals surface area contributed by atoms with Gasteiger partial charge in [-0.2, -0.15) is 0 Å². The fourth-order valence-corrected chi connectivity index (χ4v) is 4.03. The summed E-state index contributed by atoms with van der Waals surface area (Å²) in [6, 6.07) is 5.32. The van der Waals surface area contributed by atoms with Gasteiger partial charge < -0.3 is 10.1 Å². The van der Waals surface area contributed by atoms with E-state index < -0.39 is 10.0 Å². The predicted molar refractivity (Wildman–Crippen MR) is 82.0 cm³/mol. The molecule has 0 radical (unpaired) electrons. The zero-order valence-electron chi connectivity index (χ0n) is 12.1. The van der Waals surface area contributed by atoms with Crippen LogP contribution >= 0.6 is 0 Å². The maximum absolute atomic E-state index is 12.3. The number of hydrogen-bond acceptors (Lipinski definition) is 4. The van der Waals surface area contributed by atoms with Gasteiger partial charge >= 0.3 is 0 Å². The number of fused-ring (bicyclic) bond motifs is 1. The summed E-state index contributed by atoms with van der Waals surface area (Å²) in [4.78, 5) is 0.359. The number of anilines is 1. The van der Waals surface area contributed by atoms with Gasteiger partial charge in [-0.3, -0.25) is 0 Å². The Hall–Kier alpha value is -1.11. The third-order valence-electron chi connectivity index (χ3n) is 4.11. The van der Waals surface area contributed by atoms with E-state index in [0.717, 1.165) is 56.5 Å². The van der Waals surface area contributed by atoms with Crippen LogP contribution in [0.25, 0.3) is 0 Å². The number of sulfonamides is 1. The van der Waals surface area contributed by atoms with Crippen molar-refractivity contribution in [2.75, 3.05) is 25.0 Å². The fraction of sp³-hybridized carbons (Fsp3) is 0.600. The van der Waals surface area contributed by atoms with Crippen molar-refractivity contribution in [3.8, 4) is 0 Å². The average Bonchev–Trinajstić information content (AvgIpc) is 3.00. The van der Waals surface area contributed by atoms with Gasteiger partial charge in [0.15, 0.2) is 0 Å². The van der Waals surface area contributed by atoms with E-state index >= 15 is 0 Å². The topological polar surface area (TPSA) is 67.4 Å². The molecule has 0 bridgehead atoms. The van der Waals surface area contributed by atoms with Crippen LogP contribution in [0.3, 0.4) is 0 Å². The van der Waals surface area contributed by atoms with Crippen LogP contribution in [0, 0.1) is 0 Å². The monoisotopic (exact) mass is 310 g/mol. The van der Waals surface area contributed by atoms with E-state index in [0.29, 0.717) is 11.4 Å². The Labute approximate surface area is 126 Å². The molecule has 2 aliphatic heterocycles. The molecule has 1 atom stereocenters. The lowest BCUT2D eigenvalue weighted by atomic mass is 10.0. The Bertz CT molecular complexity index is 595. The molecule has 2 heterocycles. The largest absolute Gasteiger partial charge is 0.385 e. The maximum atomic E-state index is 12.3. The predicted octanol–water partition coefficient (Wildman–Crippen LogP) is 1.89. The fourth-order valence-electron chi connectivity index (χ4n) is 2.93. The van der Waals surface area contributed by atoms with Gasteiger partial charge in [-0.25, -0.2) is 13.1 Å². The Morgan fingerprint density at radius 1 is 1.33 bits per heavy atom. The van der Waals surface area contributed by atoms with Crippen molar-refractivity contribution in [3.05, 3.63) is 23.8 Å². The molecule has 5 nitrogen and oxygen atoms in total. The lowest BCUT2D eigenvalue weighted by Crippen LogP contribution is -2.27. The van der Waals surface area contributed by atoms with Crippen LogP contribution in [0.15, 0.2) is 23.1 Å². The third kappa shape index (κ3) is 3.56. The average molecular weight is 310 g/mol. The standard InChI is InChI=1S/C15H22N2O3S/c18-21(19,17-9-7-13-4-2-10-20-13)14-5-6-15-12(11-14)3-1-8-16-15/h5-6,11,13,16-17H,1-4,7-10H2. The first-order valence-corrected chi connectivity index (χ1v) is 9.11. The molecule has 0 saturated carbocycles. The van der Waals surface area contributed by atoms with E-state index in [4.69, 9.17) is 4.74 Å². The highest BCUT2D eigenvalue weighted by molar-refractivity contribution is 7.89. The van der Waals surface area contributed by atoms with Gasteiger partial charge in [0.2, 0.25) is 10.0 Å². The number of benzene rings is 1. The molecule has 1 fully saturated rings. The maximum Gasteiger partial charge on any atom is 0.240 e. The Balaban J connectivity index is 1.63. The van der Waals surface area contributed by atoms with Crippen LogP contribution in [0.5, 0.6) is 0 Å². The van der Waals surface area contributed by atoms with Crippen molar-refractivity contribution in [3.63, 3.8) is 0 Å². The first-order chi connectivity index (χ1) is 10.1. The second kappa shape index (κ2) is 6.34. The zero-order valence-corrected chi connectivity index (χ0v) is 12.9. The van der Waals surface area contributed by atoms with Crippen LogP contribution in [0.1, 0.15) is 31.2 Å². The summed E-state index contributed by atoms with van der Waals surface area (Å²) >= 11 is 0. The second-order valence-corrected chi connectivity index (χ2v) is 7.44. The molecule has 1 unspecified atom stereocenters. The molecule has 3 rings (SSSR count). The van der Waals surface area contributed by atoms with Gasteiger partial charge in [0.25, 0.3) is 0 Å². The number of hydrogen-bond donors (Lipinski definition) is 2. The number of rotatable bonds is 5. The third-order valence-corrected chi connectivity index (χ3v) is 5.57. The minimum atomic E-state index is -3.42. The van der Waals surface area contributed by atoms with Crippen LogP contribution in [0.2, 0.25) is 0 Å². The smallest absolute Gasteiger partial charge is 0.240 e. The van der Waals surface area contributed by atoms with Gasteiger partial charge in [-0.05, 0) is 55.9 Å². The molecule has 0 spiro atoms. The van der Waals surface area contributed by atoms with Gasteiger partial charge in [-0.1, -0.05) is 0 Å². The zero-order chi connectivity index (χ0) is 14.7. The van der Waals surface area contributed by atoms with Crippen molar-refractivity contribution in [2.45, 2.75) is 43.1 Å². The minimum Gasteiger partial charge on any atom is -0.385 e. The molecule has 2 N–H and O–H groups in total. The molecule has 1 saturated heterocycles. The van der Waals surface area contributed by atoms with Crippen LogP contribution in [-0.2, 0) is 21.2 Å². The quantitative estimate of drug-likeness (QED) is 0.871. The molecule has 21 heavy (non-hydrogen) atoms. The summed E-state index contributed by atoms with van der Waals surface area (Å²) in [6.45, 7) is 2.19. The molecule has 0 aromatic heterocycles. The molecule has 0 aliphatic carbocycles. The molecule has 6 heteroatoms. The number of ether oxygens (including phenoxy) is 1. The Morgan fingerprint density at radius 3 is 3.05 bits per heavy atom. The van der Waals surface area contributed by atoms with Gasteiger partial charge in [0.05, 0.1) is 11.0 Å². The molecule has 0 amide bonds. The van der Waals surface area contributed by atoms with Gasteiger partial charge in [0.1, 0.15) is 0 Å². The van der Waals surface area contributed by atoms with E-state index in [1.807, 2.05) is 6.07 Å². The van der Waals surface area contributed by atoms with Gasteiger partial charge in [0, 0.05) is 25.4 Å². The lowest BCUT2D eigenvalue weighted by Gasteiger charge is -2.19. The first kappa shape index (κ1) is 14.8. The summed E-state index contributed by atoms with van der Waals surface area (Å²) < 4.78 is 32.8. The van der Waals surface area contributed by atoms with E-state index in [2.05, 4.69) is 10.0 Å². The normalized spacial score (nSPS) is 21.8. The minimum absolute atomic E-state index is 0.209. The first-order valence-electron chi connectivity index (χ1n) is 7.63. The van der Waals surface area contributed by atoms with Crippen molar-refractivity contribution in [2.24, 2.45) is 0 Å². The highest BCUT2D eigenvalue weighted by Crippen LogP contribution is 2.25. The summed E-state index contributed by atoms with van der Waals surface area (Å²) in [5.74, 6) is 0. The van der Waals surface area contributed by atoms with Crippen LogP contribution < -0.4 is 10.0 Å². The highest BCUT2D eigenvalue weighted by atomic mass is 32.2. The van der Waals surface area contributed by atoms with Crippen molar-refractivity contribution in [1.82, 2.24) is 4.72 Å². The summed E-state index contributed by atoms with van der Waals surface area (Å²) in [5, 5.41) is 3.29. The van der Waals surface area contributed by atoms with Crippen LogP contribution in [-0.4, -0.2) is 34.2 Å².